The van der Waals surface area contributed by atoms with Gasteiger partial charge in [0.05, 0.1) is 18.7 Å². The Morgan fingerprint density at radius 1 is 1.14 bits per heavy atom. The Hall–Kier alpha value is -3.02. The molecule has 0 unspecified atom stereocenters. The average Bonchev–Trinajstić information content (AvgIpc) is 3.45. The Labute approximate surface area is 168 Å². The summed E-state index contributed by atoms with van der Waals surface area (Å²) in [5.74, 6) is 0.193. The second-order valence-corrected chi connectivity index (χ2v) is 8.02. The first-order valence-electron chi connectivity index (χ1n) is 10.2. The molecule has 1 aromatic heterocycles. The summed E-state index contributed by atoms with van der Waals surface area (Å²) < 4.78 is 11.5. The lowest BCUT2D eigenvalue weighted by Gasteiger charge is -2.24. The third kappa shape index (κ3) is 3.12. The molecule has 1 N–H and O–H groups in total. The van der Waals surface area contributed by atoms with Crippen LogP contribution in [-0.4, -0.2) is 36.4 Å². The molecule has 1 saturated carbocycles. The number of nitrogens with one attached hydrogen (secondary N) is 1. The van der Waals surface area contributed by atoms with Gasteiger partial charge in [-0.05, 0) is 25.0 Å². The Bertz CT molecular complexity index is 1100. The van der Waals surface area contributed by atoms with Crippen LogP contribution in [0.1, 0.15) is 32.1 Å². The summed E-state index contributed by atoms with van der Waals surface area (Å²) in [6.45, 7) is 0.504. The zero-order chi connectivity index (χ0) is 20.0. The van der Waals surface area contributed by atoms with Crippen LogP contribution < -0.4 is 10.1 Å². The van der Waals surface area contributed by atoms with Crippen LogP contribution >= 0.6 is 0 Å². The Morgan fingerprint density at radius 2 is 1.93 bits per heavy atom. The van der Waals surface area contributed by atoms with Gasteiger partial charge in [0.25, 0.3) is 0 Å². The molecule has 2 amide bonds. The molecule has 1 saturated heterocycles. The predicted molar refractivity (Wildman–Crippen MR) is 111 cm³/mol. The molecule has 3 aromatic rings. The van der Waals surface area contributed by atoms with Crippen molar-refractivity contribution in [3.8, 4) is 5.75 Å². The fourth-order valence-corrected chi connectivity index (χ4v) is 4.73. The number of hydrogen-bond acceptors (Lipinski definition) is 4. The molecule has 2 aromatic carbocycles. The standard InChI is InChI=1S/C23H24N2O4/c1-28-21-11-17-16-8-4-5-9-19(16)29-20(17)12-18(21)24-23(27)14-10-22(26)25(13-14)15-6-2-3-7-15/h4-5,8-9,11-12,14-15H,2-3,6-7,10,13H2,1H3,(H,24,27)/t14-/m1/s1. The number of fused-ring (bicyclic) bond motifs is 3. The van der Waals surface area contributed by atoms with E-state index in [9.17, 15) is 9.59 Å². The molecule has 2 heterocycles. The van der Waals surface area contributed by atoms with Crippen molar-refractivity contribution in [2.45, 2.75) is 38.1 Å². The molecule has 150 valence electrons. The maximum atomic E-state index is 12.9. The smallest absolute Gasteiger partial charge is 0.229 e. The number of para-hydroxylation sites is 1. The molecule has 5 rings (SSSR count). The molecular weight excluding hydrogens is 368 g/mol. The minimum Gasteiger partial charge on any atom is -0.495 e. The van der Waals surface area contributed by atoms with E-state index in [1.165, 1.54) is 12.8 Å². The number of anilines is 1. The van der Waals surface area contributed by atoms with Crippen LogP contribution in [0.5, 0.6) is 5.75 Å². The molecule has 29 heavy (non-hydrogen) atoms. The van der Waals surface area contributed by atoms with E-state index < -0.39 is 0 Å². The molecular formula is C23H24N2O4. The van der Waals surface area contributed by atoms with Gasteiger partial charge in [0, 0.05) is 35.8 Å². The lowest BCUT2D eigenvalue weighted by atomic mass is 10.1. The SMILES string of the molecule is COc1cc2c(cc1NC(=O)[C@@H]1CC(=O)N(C3CCCC3)C1)oc1ccccc12. The first-order valence-corrected chi connectivity index (χ1v) is 10.2. The third-order valence-corrected chi connectivity index (χ3v) is 6.25. The van der Waals surface area contributed by atoms with Crippen LogP contribution in [0.25, 0.3) is 21.9 Å². The normalized spacial score (nSPS) is 20.1. The van der Waals surface area contributed by atoms with Crippen LogP contribution in [-0.2, 0) is 9.59 Å². The van der Waals surface area contributed by atoms with Crippen LogP contribution in [0.3, 0.4) is 0 Å². The number of furan rings is 1. The van der Waals surface area contributed by atoms with Gasteiger partial charge in [-0.3, -0.25) is 9.59 Å². The second-order valence-electron chi connectivity index (χ2n) is 8.02. The zero-order valence-corrected chi connectivity index (χ0v) is 16.4. The van der Waals surface area contributed by atoms with Gasteiger partial charge in [-0.15, -0.1) is 0 Å². The number of hydrogen-bond donors (Lipinski definition) is 1. The summed E-state index contributed by atoms with van der Waals surface area (Å²) in [5.41, 5.74) is 2.05. The monoisotopic (exact) mass is 392 g/mol. The van der Waals surface area contributed by atoms with Crippen LogP contribution in [0.2, 0.25) is 0 Å². The maximum absolute atomic E-state index is 12.9. The molecule has 1 aliphatic carbocycles. The Kier molecular flexibility index (Phi) is 4.42. The number of carbonyl (C=O) groups excluding carboxylic acids is 2. The van der Waals surface area contributed by atoms with E-state index in [4.69, 9.17) is 9.15 Å². The number of carbonyl (C=O) groups is 2. The molecule has 0 spiro atoms. The molecule has 1 atom stereocenters. The predicted octanol–water partition coefficient (Wildman–Crippen LogP) is 4.32. The number of amides is 2. The zero-order valence-electron chi connectivity index (χ0n) is 16.4. The molecule has 6 nitrogen and oxygen atoms in total. The van der Waals surface area contributed by atoms with Crippen molar-refractivity contribution in [2.75, 3.05) is 19.0 Å². The Balaban J connectivity index is 1.40. The molecule has 1 aliphatic heterocycles. The summed E-state index contributed by atoms with van der Waals surface area (Å²) >= 11 is 0. The van der Waals surface area contributed by atoms with Crippen molar-refractivity contribution in [3.05, 3.63) is 36.4 Å². The topological polar surface area (TPSA) is 71.8 Å². The fraction of sp³-hybridized carbons (Fsp3) is 0.391. The number of rotatable bonds is 4. The Morgan fingerprint density at radius 3 is 2.72 bits per heavy atom. The third-order valence-electron chi connectivity index (χ3n) is 6.25. The van der Waals surface area contributed by atoms with Crippen molar-refractivity contribution in [1.82, 2.24) is 4.90 Å². The summed E-state index contributed by atoms with van der Waals surface area (Å²) in [7, 11) is 1.58. The molecule has 6 heteroatoms. The average molecular weight is 392 g/mol. The second kappa shape index (κ2) is 7.10. The van der Waals surface area contributed by atoms with Gasteiger partial charge in [-0.1, -0.05) is 31.0 Å². The van der Waals surface area contributed by atoms with Gasteiger partial charge in [0.2, 0.25) is 11.8 Å². The summed E-state index contributed by atoms with van der Waals surface area (Å²) in [5, 5.41) is 4.92. The highest BCUT2D eigenvalue weighted by Gasteiger charge is 2.38. The van der Waals surface area contributed by atoms with Crippen LogP contribution in [0.15, 0.2) is 40.8 Å². The van der Waals surface area contributed by atoms with E-state index in [1.54, 1.807) is 13.2 Å². The van der Waals surface area contributed by atoms with Gasteiger partial charge in [0.1, 0.15) is 16.9 Å². The largest absolute Gasteiger partial charge is 0.495 e. The highest BCUT2D eigenvalue weighted by molar-refractivity contribution is 6.08. The first-order chi connectivity index (χ1) is 14.1. The summed E-state index contributed by atoms with van der Waals surface area (Å²) in [6, 6.07) is 11.8. The molecule has 2 aliphatic rings. The first kappa shape index (κ1) is 18.0. The minimum absolute atomic E-state index is 0.0942. The van der Waals surface area contributed by atoms with Crippen LogP contribution in [0.4, 0.5) is 5.69 Å². The number of likely N-dealkylation sites (tertiary alicyclic amines) is 1. The van der Waals surface area contributed by atoms with E-state index >= 15 is 0 Å². The van der Waals surface area contributed by atoms with Gasteiger partial charge in [0.15, 0.2) is 0 Å². The van der Waals surface area contributed by atoms with Crippen molar-refractivity contribution in [3.63, 3.8) is 0 Å². The quantitative estimate of drug-likeness (QED) is 0.718. The van der Waals surface area contributed by atoms with Crippen molar-refractivity contribution in [2.24, 2.45) is 5.92 Å². The van der Waals surface area contributed by atoms with Crippen molar-refractivity contribution in [1.29, 1.82) is 0 Å². The van der Waals surface area contributed by atoms with Gasteiger partial charge >= 0.3 is 0 Å². The lowest BCUT2D eigenvalue weighted by Crippen LogP contribution is -2.35. The van der Waals surface area contributed by atoms with E-state index in [2.05, 4.69) is 5.32 Å². The van der Waals surface area contributed by atoms with E-state index in [1.807, 2.05) is 35.2 Å². The number of ether oxygens (including phenoxy) is 1. The lowest BCUT2D eigenvalue weighted by molar-refractivity contribution is -0.129. The van der Waals surface area contributed by atoms with Gasteiger partial charge < -0.3 is 19.4 Å². The van der Waals surface area contributed by atoms with E-state index in [0.717, 1.165) is 29.2 Å². The highest BCUT2D eigenvalue weighted by Crippen LogP contribution is 2.37. The number of nitrogens with zero attached hydrogens (tertiary/aromatic N) is 1. The van der Waals surface area contributed by atoms with Gasteiger partial charge in [-0.25, -0.2) is 0 Å². The minimum atomic E-state index is -0.334. The van der Waals surface area contributed by atoms with E-state index in [0.29, 0.717) is 29.6 Å². The summed E-state index contributed by atoms with van der Waals surface area (Å²) in [6.07, 6.45) is 4.71. The van der Waals surface area contributed by atoms with Gasteiger partial charge in [-0.2, -0.15) is 0 Å². The summed E-state index contributed by atoms with van der Waals surface area (Å²) in [4.78, 5) is 27.3. The maximum Gasteiger partial charge on any atom is 0.229 e. The fourth-order valence-electron chi connectivity index (χ4n) is 4.73. The van der Waals surface area contributed by atoms with Crippen molar-refractivity contribution < 1.29 is 18.7 Å². The number of benzene rings is 2. The van der Waals surface area contributed by atoms with Crippen molar-refractivity contribution >= 4 is 39.4 Å². The van der Waals surface area contributed by atoms with E-state index in [-0.39, 0.29) is 24.2 Å². The highest BCUT2D eigenvalue weighted by atomic mass is 16.5. The molecule has 0 radical (unpaired) electrons. The molecule has 0 bridgehead atoms. The van der Waals surface area contributed by atoms with Crippen LogP contribution in [0, 0.1) is 5.92 Å². The number of methoxy groups -OCH3 is 1. The molecule has 2 fully saturated rings.